The van der Waals surface area contributed by atoms with Crippen LogP contribution < -0.4 is 0 Å². The van der Waals surface area contributed by atoms with Crippen LogP contribution in [-0.4, -0.2) is 42.6 Å². The topological polar surface area (TPSA) is 23.6 Å². The number of likely N-dealkylation sites (N-methyl/N-ethyl adjacent to an activating group) is 2. The number of hydrogen-bond acceptors (Lipinski definition) is 3. The SMILES string of the molecule is CSc1ccc(CN(C)CC(=O)N(C)C2CCCc3ccccc32)cc1. The molecule has 1 aliphatic carbocycles. The van der Waals surface area contributed by atoms with Gasteiger partial charge in [-0.05, 0) is 61.4 Å². The summed E-state index contributed by atoms with van der Waals surface area (Å²) in [5, 5.41) is 0. The van der Waals surface area contributed by atoms with Crippen molar-refractivity contribution < 1.29 is 4.79 Å². The standard InChI is InChI=1S/C22H28N2OS/c1-23(15-17-11-13-19(26-3)14-12-17)16-22(25)24(2)21-10-6-8-18-7-4-5-9-20(18)21/h4-5,7,9,11-14,21H,6,8,10,15-16H2,1-3H3. The molecule has 0 saturated heterocycles. The molecule has 0 aromatic heterocycles. The fourth-order valence-electron chi connectivity index (χ4n) is 3.75. The van der Waals surface area contributed by atoms with Crippen LogP contribution in [0.1, 0.15) is 35.6 Å². The Hall–Kier alpha value is -1.78. The molecule has 0 bridgehead atoms. The van der Waals surface area contributed by atoms with Crippen LogP contribution in [0.4, 0.5) is 0 Å². The molecule has 26 heavy (non-hydrogen) atoms. The molecule has 0 fully saturated rings. The number of nitrogens with zero attached hydrogens (tertiary/aromatic N) is 2. The minimum atomic E-state index is 0.190. The van der Waals surface area contributed by atoms with Crippen LogP contribution in [0.15, 0.2) is 53.4 Å². The highest BCUT2D eigenvalue weighted by atomic mass is 32.2. The van der Waals surface area contributed by atoms with Gasteiger partial charge in [0.05, 0.1) is 12.6 Å². The lowest BCUT2D eigenvalue weighted by atomic mass is 9.87. The Labute approximate surface area is 161 Å². The Morgan fingerprint density at radius 2 is 1.85 bits per heavy atom. The van der Waals surface area contributed by atoms with Gasteiger partial charge in [-0.15, -0.1) is 11.8 Å². The van der Waals surface area contributed by atoms with Crippen LogP contribution in [0.5, 0.6) is 0 Å². The fourth-order valence-corrected chi connectivity index (χ4v) is 4.15. The van der Waals surface area contributed by atoms with Gasteiger partial charge in [-0.3, -0.25) is 9.69 Å². The first-order valence-corrected chi connectivity index (χ1v) is 10.5. The molecule has 0 radical (unpaired) electrons. The van der Waals surface area contributed by atoms with Gasteiger partial charge < -0.3 is 4.90 Å². The zero-order valence-electron chi connectivity index (χ0n) is 15.9. The third-order valence-electron chi connectivity index (χ3n) is 5.22. The summed E-state index contributed by atoms with van der Waals surface area (Å²) < 4.78 is 0. The summed E-state index contributed by atoms with van der Waals surface area (Å²) in [6.07, 6.45) is 5.41. The van der Waals surface area contributed by atoms with Crippen LogP contribution in [-0.2, 0) is 17.8 Å². The van der Waals surface area contributed by atoms with Crippen molar-refractivity contribution in [3.8, 4) is 0 Å². The van der Waals surface area contributed by atoms with E-state index in [0.29, 0.717) is 6.54 Å². The Balaban J connectivity index is 1.60. The predicted octanol–water partition coefficient (Wildman–Crippen LogP) is 4.38. The first-order chi connectivity index (χ1) is 12.6. The van der Waals surface area contributed by atoms with E-state index in [2.05, 4.69) is 59.7 Å². The largest absolute Gasteiger partial charge is 0.338 e. The molecule has 0 aliphatic heterocycles. The fraction of sp³-hybridized carbons (Fsp3) is 0.409. The van der Waals surface area contributed by atoms with E-state index >= 15 is 0 Å². The van der Waals surface area contributed by atoms with Crippen molar-refractivity contribution >= 4 is 17.7 Å². The van der Waals surface area contributed by atoms with Gasteiger partial charge >= 0.3 is 0 Å². The van der Waals surface area contributed by atoms with Crippen LogP contribution >= 0.6 is 11.8 Å². The number of rotatable bonds is 6. The molecular formula is C22H28N2OS. The lowest BCUT2D eigenvalue weighted by molar-refractivity contribution is -0.133. The highest BCUT2D eigenvalue weighted by Crippen LogP contribution is 2.33. The van der Waals surface area contributed by atoms with Crippen molar-refractivity contribution in [2.45, 2.75) is 36.7 Å². The molecule has 1 amide bonds. The molecule has 1 atom stereocenters. The Morgan fingerprint density at radius 1 is 1.12 bits per heavy atom. The summed E-state index contributed by atoms with van der Waals surface area (Å²) in [6.45, 7) is 1.23. The number of aryl methyl sites for hydroxylation is 1. The predicted molar refractivity (Wildman–Crippen MR) is 109 cm³/mol. The molecule has 0 spiro atoms. The molecule has 0 N–H and O–H groups in total. The Kier molecular flexibility index (Phi) is 6.38. The van der Waals surface area contributed by atoms with Gasteiger partial charge in [0.25, 0.3) is 0 Å². The quantitative estimate of drug-likeness (QED) is 0.707. The minimum Gasteiger partial charge on any atom is -0.338 e. The Bertz CT molecular complexity index is 744. The monoisotopic (exact) mass is 368 g/mol. The number of carbonyl (C=O) groups is 1. The normalized spacial score (nSPS) is 16.4. The van der Waals surface area contributed by atoms with Gasteiger partial charge in [-0.2, -0.15) is 0 Å². The summed E-state index contributed by atoms with van der Waals surface area (Å²) in [5.74, 6) is 0.190. The number of hydrogen-bond donors (Lipinski definition) is 0. The summed E-state index contributed by atoms with van der Waals surface area (Å²) >= 11 is 1.75. The second-order valence-electron chi connectivity index (χ2n) is 7.13. The van der Waals surface area contributed by atoms with E-state index in [1.807, 2.05) is 19.0 Å². The molecule has 1 aliphatic rings. The lowest BCUT2D eigenvalue weighted by Crippen LogP contribution is -2.39. The van der Waals surface area contributed by atoms with E-state index in [4.69, 9.17) is 0 Å². The molecule has 2 aromatic rings. The van der Waals surface area contributed by atoms with Crippen molar-refractivity contribution in [1.82, 2.24) is 9.80 Å². The van der Waals surface area contributed by atoms with E-state index in [9.17, 15) is 4.79 Å². The molecule has 3 nitrogen and oxygen atoms in total. The van der Waals surface area contributed by atoms with Gasteiger partial charge in [0.15, 0.2) is 0 Å². The number of fused-ring (bicyclic) bond motifs is 1. The van der Waals surface area contributed by atoms with Crippen molar-refractivity contribution in [2.75, 3.05) is 26.9 Å². The maximum absolute atomic E-state index is 12.8. The van der Waals surface area contributed by atoms with Gasteiger partial charge in [-0.25, -0.2) is 0 Å². The van der Waals surface area contributed by atoms with Crippen molar-refractivity contribution in [1.29, 1.82) is 0 Å². The number of thioether (sulfide) groups is 1. The van der Waals surface area contributed by atoms with Crippen molar-refractivity contribution in [3.05, 3.63) is 65.2 Å². The third-order valence-corrected chi connectivity index (χ3v) is 5.96. The van der Waals surface area contributed by atoms with Crippen molar-refractivity contribution in [3.63, 3.8) is 0 Å². The summed E-state index contributed by atoms with van der Waals surface area (Å²) in [5.41, 5.74) is 3.96. The molecule has 3 rings (SSSR count). The van der Waals surface area contributed by atoms with Crippen LogP contribution in [0, 0.1) is 0 Å². The second kappa shape index (κ2) is 8.74. The molecule has 4 heteroatoms. The van der Waals surface area contributed by atoms with Crippen LogP contribution in [0.2, 0.25) is 0 Å². The van der Waals surface area contributed by atoms with Gasteiger partial charge in [-0.1, -0.05) is 36.4 Å². The van der Waals surface area contributed by atoms with E-state index < -0.39 is 0 Å². The molecule has 138 valence electrons. The zero-order valence-corrected chi connectivity index (χ0v) is 16.8. The van der Waals surface area contributed by atoms with E-state index in [1.165, 1.54) is 21.6 Å². The molecule has 1 unspecified atom stereocenters. The van der Waals surface area contributed by atoms with Crippen molar-refractivity contribution in [2.24, 2.45) is 0 Å². The van der Waals surface area contributed by atoms with E-state index in [1.54, 1.807) is 11.8 Å². The average Bonchev–Trinajstić information content (AvgIpc) is 2.67. The maximum atomic E-state index is 12.8. The first-order valence-electron chi connectivity index (χ1n) is 9.23. The summed E-state index contributed by atoms with van der Waals surface area (Å²) in [7, 11) is 3.97. The average molecular weight is 369 g/mol. The molecule has 0 heterocycles. The summed E-state index contributed by atoms with van der Waals surface area (Å²) in [4.78, 5) is 18.1. The molecule has 2 aromatic carbocycles. The second-order valence-corrected chi connectivity index (χ2v) is 8.01. The maximum Gasteiger partial charge on any atom is 0.237 e. The molecular weight excluding hydrogens is 340 g/mol. The highest BCUT2D eigenvalue weighted by molar-refractivity contribution is 7.98. The number of benzene rings is 2. The van der Waals surface area contributed by atoms with Crippen LogP contribution in [0.25, 0.3) is 0 Å². The Morgan fingerprint density at radius 3 is 2.58 bits per heavy atom. The van der Waals surface area contributed by atoms with E-state index in [0.717, 1.165) is 25.8 Å². The van der Waals surface area contributed by atoms with E-state index in [-0.39, 0.29) is 11.9 Å². The zero-order chi connectivity index (χ0) is 18.5. The number of amides is 1. The summed E-state index contributed by atoms with van der Waals surface area (Å²) in [6, 6.07) is 17.3. The lowest BCUT2D eigenvalue weighted by Gasteiger charge is -2.34. The minimum absolute atomic E-state index is 0.190. The van der Waals surface area contributed by atoms with Gasteiger partial charge in [0.1, 0.15) is 0 Å². The number of carbonyl (C=O) groups excluding carboxylic acids is 1. The molecule has 0 saturated carbocycles. The van der Waals surface area contributed by atoms with Crippen LogP contribution in [0.3, 0.4) is 0 Å². The third kappa shape index (κ3) is 4.49. The first kappa shape index (κ1) is 19.0. The highest BCUT2D eigenvalue weighted by Gasteiger charge is 2.26. The van der Waals surface area contributed by atoms with Gasteiger partial charge in [0, 0.05) is 18.5 Å². The smallest absolute Gasteiger partial charge is 0.237 e. The van der Waals surface area contributed by atoms with Gasteiger partial charge in [0.2, 0.25) is 5.91 Å².